The molecule has 1 amide bonds. The van der Waals surface area contributed by atoms with E-state index in [1.807, 2.05) is 17.3 Å². The normalized spacial score (nSPS) is 10.8. The van der Waals surface area contributed by atoms with Crippen LogP contribution in [0.25, 0.3) is 0 Å². The molecule has 0 fully saturated rings. The number of likely N-dealkylation sites (N-methyl/N-ethyl adjacent to an activating group) is 1. The van der Waals surface area contributed by atoms with Crippen LogP contribution in [-0.2, 0) is 16.1 Å². The van der Waals surface area contributed by atoms with E-state index in [0.717, 1.165) is 6.54 Å². The number of thiophene rings is 1. The van der Waals surface area contributed by atoms with Gasteiger partial charge in [0.2, 0.25) is 5.91 Å². The van der Waals surface area contributed by atoms with Gasteiger partial charge in [0.25, 0.3) is 0 Å². The Bertz CT molecular complexity index is 452. The Morgan fingerprint density at radius 3 is 2.68 bits per heavy atom. The Balaban J connectivity index is 0.00000441. The zero-order chi connectivity index (χ0) is 15.7. The summed E-state index contributed by atoms with van der Waals surface area (Å²) in [6.45, 7) is 2.13. The van der Waals surface area contributed by atoms with E-state index in [1.165, 1.54) is 10.5 Å². The second kappa shape index (κ2) is 11.7. The van der Waals surface area contributed by atoms with E-state index in [-0.39, 0.29) is 36.4 Å². The van der Waals surface area contributed by atoms with Gasteiger partial charge in [0, 0.05) is 41.3 Å². The molecule has 1 aromatic heterocycles. The highest BCUT2D eigenvalue weighted by molar-refractivity contribution is 14.0. The van der Waals surface area contributed by atoms with Gasteiger partial charge in [-0.25, -0.2) is 4.99 Å². The SMILES string of the molecule is COCCNC(=NCC(=O)N(C)C)N(C)Cc1ccsc1.I. The second-order valence-corrected chi connectivity index (χ2v) is 5.62. The molecule has 0 saturated heterocycles. The predicted molar refractivity (Wildman–Crippen MR) is 102 cm³/mol. The molecule has 0 aliphatic rings. The minimum absolute atomic E-state index is 0. The molecule has 1 aromatic rings. The first-order valence-electron chi connectivity index (χ1n) is 6.74. The fourth-order valence-corrected chi connectivity index (χ4v) is 2.25. The summed E-state index contributed by atoms with van der Waals surface area (Å²) in [7, 11) is 7.06. The third-order valence-electron chi connectivity index (χ3n) is 2.81. The van der Waals surface area contributed by atoms with Crippen molar-refractivity contribution in [2.24, 2.45) is 4.99 Å². The van der Waals surface area contributed by atoms with Crippen molar-refractivity contribution in [3.63, 3.8) is 0 Å². The third-order valence-corrected chi connectivity index (χ3v) is 3.55. The van der Waals surface area contributed by atoms with E-state index >= 15 is 0 Å². The molecule has 1 heterocycles. The van der Waals surface area contributed by atoms with Crippen LogP contribution in [0.1, 0.15) is 5.56 Å². The Labute approximate surface area is 153 Å². The highest BCUT2D eigenvalue weighted by Gasteiger charge is 2.09. The molecule has 0 unspecified atom stereocenters. The van der Waals surface area contributed by atoms with Crippen molar-refractivity contribution >= 4 is 47.2 Å². The Kier molecular flexibility index (Phi) is 11.2. The van der Waals surface area contributed by atoms with E-state index in [0.29, 0.717) is 19.1 Å². The molecule has 1 rings (SSSR count). The smallest absolute Gasteiger partial charge is 0.243 e. The number of hydrogen-bond acceptors (Lipinski definition) is 4. The van der Waals surface area contributed by atoms with Gasteiger partial charge in [-0.05, 0) is 22.4 Å². The number of ether oxygens (including phenoxy) is 1. The monoisotopic (exact) mass is 440 g/mol. The first kappa shape index (κ1) is 21.1. The number of carbonyl (C=O) groups is 1. The van der Waals surface area contributed by atoms with Gasteiger partial charge in [-0.1, -0.05) is 0 Å². The van der Waals surface area contributed by atoms with Gasteiger partial charge in [-0.15, -0.1) is 24.0 Å². The maximum atomic E-state index is 11.7. The van der Waals surface area contributed by atoms with Gasteiger partial charge in [0.1, 0.15) is 6.54 Å². The Hall–Kier alpha value is -0.870. The average Bonchev–Trinajstić information content (AvgIpc) is 2.94. The van der Waals surface area contributed by atoms with Crippen molar-refractivity contribution < 1.29 is 9.53 Å². The predicted octanol–water partition coefficient (Wildman–Crippen LogP) is 1.48. The Morgan fingerprint density at radius 2 is 2.14 bits per heavy atom. The number of carbonyl (C=O) groups excluding carboxylic acids is 1. The van der Waals surface area contributed by atoms with Crippen LogP contribution in [0.4, 0.5) is 0 Å². The molecule has 126 valence electrons. The molecule has 0 spiro atoms. The number of halogens is 1. The second-order valence-electron chi connectivity index (χ2n) is 4.84. The molecule has 22 heavy (non-hydrogen) atoms. The third kappa shape index (κ3) is 7.95. The van der Waals surface area contributed by atoms with Gasteiger partial charge in [0.05, 0.1) is 6.61 Å². The molecular formula is C14H25IN4O2S. The summed E-state index contributed by atoms with van der Waals surface area (Å²) in [5, 5.41) is 7.37. The number of guanidine groups is 1. The fourth-order valence-electron chi connectivity index (χ4n) is 1.59. The minimum atomic E-state index is -0.0232. The standard InChI is InChI=1S/C14H24N4O2S.HI/c1-17(2)13(19)9-16-14(15-6-7-20-4)18(3)10-12-5-8-21-11-12;/h5,8,11H,6-7,9-10H2,1-4H3,(H,15,16);1H. The number of nitrogens with one attached hydrogen (secondary N) is 1. The number of methoxy groups -OCH3 is 1. The van der Waals surface area contributed by atoms with Crippen LogP contribution in [0.2, 0.25) is 0 Å². The molecule has 0 atom stereocenters. The first-order chi connectivity index (χ1) is 10.0. The van der Waals surface area contributed by atoms with Gasteiger partial charge in [-0.3, -0.25) is 4.79 Å². The minimum Gasteiger partial charge on any atom is -0.383 e. The van der Waals surface area contributed by atoms with Gasteiger partial charge in [-0.2, -0.15) is 11.3 Å². The van der Waals surface area contributed by atoms with Gasteiger partial charge in [0.15, 0.2) is 5.96 Å². The molecule has 6 nitrogen and oxygen atoms in total. The lowest BCUT2D eigenvalue weighted by Gasteiger charge is -2.22. The first-order valence-corrected chi connectivity index (χ1v) is 7.68. The van der Waals surface area contributed by atoms with E-state index in [9.17, 15) is 4.79 Å². The largest absolute Gasteiger partial charge is 0.383 e. The van der Waals surface area contributed by atoms with Crippen LogP contribution in [0.5, 0.6) is 0 Å². The molecule has 0 radical (unpaired) electrons. The van der Waals surface area contributed by atoms with Crippen molar-refractivity contribution in [3.8, 4) is 0 Å². The fraction of sp³-hybridized carbons (Fsp3) is 0.571. The summed E-state index contributed by atoms with van der Waals surface area (Å²) in [5.74, 6) is 0.679. The van der Waals surface area contributed by atoms with Gasteiger partial charge < -0.3 is 19.9 Å². The number of aliphatic imine (C=N–C) groups is 1. The topological polar surface area (TPSA) is 57.2 Å². The molecule has 0 saturated carbocycles. The summed E-state index contributed by atoms with van der Waals surface area (Å²) < 4.78 is 5.03. The molecule has 0 aromatic carbocycles. The summed E-state index contributed by atoms with van der Waals surface area (Å²) in [6.07, 6.45) is 0. The van der Waals surface area contributed by atoms with Crippen molar-refractivity contribution in [1.29, 1.82) is 0 Å². The van der Waals surface area contributed by atoms with Crippen LogP contribution < -0.4 is 5.32 Å². The molecule has 1 N–H and O–H groups in total. The zero-order valence-corrected chi connectivity index (χ0v) is 16.7. The van der Waals surface area contributed by atoms with E-state index in [4.69, 9.17) is 4.74 Å². The maximum absolute atomic E-state index is 11.7. The van der Waals surface area contributed by atoms with E-state index in [1.54, 1.807) is 32.5 Å². The summed E-state index contributed by atoms with van der Waals surface area (Å²) >= 11 is 1.67. The highest BCUT2D eigenvalue weighted by atomic mass is 127. The molecule has 0 bridgehead atoms. The highest BCUT2D eigenvalue weighted by Crippen LogP contribution is 2.08. The van der Waals surface area contributed by atoms with E-state index in [2.05, 4.69) is 21.8 Å². The summed E-state index contributed by atoms with van der Waals surface area (Å²) in [6, 6.07) is 2.08. The van der Waals surface area contributed by atoms with Gasteiger partial charge >= 0.3 is 0 Å². The quantitative estimate of drug-likeness (QED) is 0.302. The maximum Gasteiger partial charge on any atom is 0.243 e. The van der Waals surface area contributed by atoms with E-state index < -0.39 is 0 Å². The lowest BCUT2D eigenvalue weighted by atomic mass is 10.3. The van der Waals surface area contributed by atoms with Crippen molar-refractivity contribution in [2.75, 3.05) is 47.9 Å². The zero-order valence-electron chi connectivity index (χ0n) is 13.5. The number of amides is 1. The van der Waals surface area contributed by atoms with Crippen molar-refractivity contribution in [1.82, 2.24) is 15.1 Å². The van der Waals surface area contributed by atoms with Crippen LogP contribution in [0.3, 0.4) is 0 Å². The molecular weight excluding hydrogens is 415 g/mol. The average molecular weight is 440 g/mol. The summed E-state index contributed by atoms with van der Waals surface area (Å²) in [5.41, 5.74) is 1.22. The number of nitrogens with zero attached hydrogens (tertiary/aromatic N) is 3. The number of rotatable bonds is 7. The van der Waals surface area contributed by atoms with Crippen LogP contribution in [0.15, 0.2) is 21.8 Å². The molecule has 8 heteroatoms. The van der Waals surface area contributed by atoms with Crippen LogP contribution in [-0.4, -0.2) is 69.6 Å². The lowest BCUT2D eigenvalue weighted by molar-refractivity contribution is -0.127. The van der Waals surface area contributed by atoms with Crippen LogP contribution in [0, 0.1) is 0 Å². The van der Waals surface area contributed by atoms with Crippen molar-refractivity contribution in [2.45, 2.75) is 6.54 Å². The van der Waals surface area contributed by atoms with Crippen molar-refractivity contribution in [3.05, 3.63) is 22.4 Å². The molecule has 0 aliphatic heterocycles. The number of hydrogen-bond donors (Lipinski definition) is 1. The Morgan fingerprint density at radius 1 is 1.41 bits per heavy atom. The molecule has 0 aliphatic carbocycles. The lowest BCUT2D eigenvalue weighted by Crippen LogP contribution is -2.40. The summed E-state index contributed by atoms with van der Waals surface area (Å²) in [4.78, 5) is 19.6. The van der Waals surface area contributed by atoms with Crippen LogP contribution >= 0.6 is 35.3 Å².